The second-order valence-corrected chi connectivity index (χ2v) is 9.84. The smallest absolute Gasteiger partial charge is 0.166 e. The van der Waals surface area contributed by atoms with Crippen LogP contribution in [0.15, 0.2) is 73.3 Å². The van der Waals surface area contributed by atoms with Crippen molar-refractivity contribution >= 4 is 5.57 Å². The highest BCUT2D eigenvalue weighted by atomic mass is 19.2. The Balaban J connectivity index is 1.47. The molecule has 0 radical (unpaired) electrons. The first kappa shape index (κ1) is 26.0. The highest BCUT2D eigenvalue weighted by Gasteiger charge is 2.17. The van der Waals surface area contributed by atoms with E-state index in [0.717, 1.165) is 61.6 Å². The van der Waals surface area contributed by atoms with Gasteiger partial charge < -0.3 is 0 Å². The summed E-state index contributed by atoms with van der Waals surface area (Å²) in [4.78, 5) is 0. The fourth-order valence-electron chi connectivity index (χ4n) is 5.03. The van der Waals surface area contributed by atoms with Crippen molar-refractivity contribution < 1.29 is 13.2 Å². The Labute approximate surface area is 213 Å². The zero-order chi connectivity index (χ0) is 25.5. The molecular formula is C33H35F3. The van der Waals surface area contributed by atoms with Gasteiger partial charge >= 0.3 is 0 Å². The lowest BCUT2D eigenvalue weighted by Gasteiger charge is -2.19. The third-order valence-electron chi connectivity index (χ3n) is 7.34. The van der Waals surface area contributed by atoms with Crippen molar-refractivity contribution in [3.8, 4) is 22.3 Å². The van der Waals surface area contributed by atoms with E-state index in [1.165, 1.54) is 6.42 Å². The van der Waals surface area contributed by atoms with Crippen LogP contribution in [0.5, 0.6) is 0 Å². The van der Waals surface area contributed by atoms with Gasteiger partial charge in [-0.3, -0.25) is 0 Å². The van der Waals surface area contributed by atoms with E-state index in [9.17, 15) is 13.2 Å². The second kappa shape index (κ2) is 12.3. The van der Waals surface area contributed by atoms with E-state index in [2.05, 4.69) is 19.6 Å². The Kier molecular flexibility index (Phi) is 8.85. The molecular weight excluding hydrogens is 453 g/mol. The minimum absolute atomic E-state index is 0.238. The van der Waals surface area contributed by atoms with Gasteiger partial charge in [-0.25, -0.2) is 13.2 Å². The quantitative estimate of drug-likeness (QED) is 0.197. The zero-order valence-corrected chi connectivity index (χ0v) is 21.1. The molecule has 3 aromatic carbocycles. The fraction of sp³-hybridized carbons (Fsp3) is 0.333. The predicted octanol–water partition coefficient (Wildman–Crippen LogP) is 10.3. The Morgan fingerprint density at radius 3 is 2.17 bits per heavy atom. The minimum atomic E-state index is -0.802. The van der Waals surface area contributed by atoms with Crippen LogP contribution < -0.4 is 0 Å². The van der Waals surface area contributed by atoms with E-state index < -0.39 is 11.6 Å². The van der Waals surface area contributed by atoms with Gasteiger partial charge in [0.15, 0.2) is 11.6 Å². The lowest BCUT2D eigenvalue weighted by molar-refractivity contribution is 0.497. The lowest BCUT2D eigenvalue weighted by atomic mass is 9.86. The molecule has 1 unspecified atom stereocenters. The van der Waals surface area contributed by atoms with Gasteiger partial charge in [0.25, 0.3) is 0 Å². The van der Waals surface area contributed by atoms with Gasteiger partial charge in [0.1, 0.15) is 5.82 Å². The third-order valence-corrected chi connectivity index (χ3v) is 7.34. The van der Waals surface area contributed by atoms with Crippen LogP contribution in [0.4, 0.5) is 13.2 Å². The molecule has 1 atom stereocenters. The van der Waals surface area contributed by atoms with Gasteiger partial charge in [-0.15, -0.1) is 6.58 Å². The molecule has 3 aromatic rings. The summed E-state index contributed by atoms with van der Waals surface area (Å²) in [5.74, 6) is -1.32. The van der Waals surface area contributed by atoms with Gasteiger partial charge in [0.2, 0.25) is 0 Å². The average molecular weight is 489 g/mol. The van der Waals surface area contributed by atoms with Gasteiger partial charge in [-0.2, -0.15) is 0 Å². The van der Waals surface area contributed by atoms with Crippen molar-refractivity contribution in [1.29, 1.82) is 0 Å². The molecule has 0 saturated heterocycles. The molecule has 1 aliphatic carbocycles. The first-order chi connectivity index (χ1) is 17.5. The molecule has 0 N–H and O–H groups in total. The van der Waals surface area contributed by atoms with Crippen LogP contribution >= 0.6 is 0 Å². The van der Waals surface area contributed by atoms with E-state index in [-0.39, 0.29) is 11.4 Å². The summed E-state index contributed by atoms with van der Waals surface area (Å²) in [7, 11) is 0. The van der Waals surface area contributed by atoms with Crippen LogP contribution in [0.2, 0.25) is 0 Å². The Morgan fingerprint density at radius 1 is 0.806 bits per heavy atom. The molecule has 0 nitrogen and oxygen atoms in total. The van der Waals surface area contributed by atoms with Crippen molar-refractivity contribution in [2.75, 3.05) is 0 Å². The first-order valence-corrected chi connectivity index (χ1v) is 13.2. The minimum Gasteiger partial charge on any atom is -0.206 e. The molecule has 1 aliphatic rings. The molecule has 3 heteroatoms. The number of benzene rings is 3. The molecule has 0 aliphatic heterocycles. The van der Waals surface area contributed by atoms with Crippen LogP contribution in [0.25, 0.3) is 27.8 Å². The van der Waals surface area contributed by atoms with Crippen LogP contribution in [0, 0.1) is 23.4 Å². The van der Waals surface area contributed by atoms with Crippen molar-refractivity contribution in [2.24, 2.45) is 5.92 Å². The average Bonchev–Trinajstić information content (AvgIpc) is 2.91. The van der Waals surface area contributed by atoms with Crippen LogP contribution in [0.1, 0.15) is 69.4 Å². The Hall–Kier alpha value is -3.07. The molecule has 0 fully saturated rings. The van der Waals surface area contributed by atoms with E-state index in [4.69, 9.17) is 0 Å². The number of halogens is 3. The molecule has 0 aromatic heterocycles. The molecule has 0 bridgehead atoms. The van der Waals surface area contributed by atoms with Gasteiger partial charge in [0, 0.05) is 11.1 Å². The van der Waals surface area contributed by atoms with Crippen LogP contribution in [-0.2, 0) is 6.42 Å². The summed E-state index contributed by atoms with van der Waals surface area (Å²) in [5, 5.41) is 0. The normalized spacial score (nSPS) is 15.6. The Morgan fingerprint density at radius 2 is 1.50 bits per heavy atom. The van der Waals surface area contributed by atoms with Gasteiger partial charge in [-0.05, 0) is 71.9 Å². The highest BCUT2D eigenvalue weighted by molar-refractivity contribution is 5.74. The number of hydrogen-bond donors (Lipinski definition) is 0. The highest BCUT2D eigenvalue weighted by Crippen LogP contribution is 2.34. The molecule has 0 spiro atoms. The molecule has 0 saturated carbocycles. The number of allylic oxidation sites excluding steroid dienone is 3. The topological polar surface area (TPSA) is 0 Å². The first-order valence-electron chi connectivity index (χ1n) is 13.2. The monoisotopic (exact) mass is 488 g/mol. The third kappa shape index (κ3) is 6.00. The summed E-state index contributed by atoms with van der Waals surface area (Å²) >= 11 is 0. The fourth-order valence-corrected chi connectivity index (χ4v) is 5.03. The molecule has 4 rings (SSSR count). The number of unbranched alkanes of at least 4 members (excludes halogenated alkanes) is 4. The number of hydrogen-bond acceptors (Lipinski definition) is 0. The van der Waals surface area contributed by atoms with Crippen LogP contribution in [-0.4, -0.2) is 0 Å². The van der Waals surface area contributed by atoms with Crippen molar-refractivity contribution in [2.45, 2.75) is 64.7 Å². The van der Waals surface area contributed by atoms with Crippen LogP contribution in [0.3, 0.4) is 0 Å². The van der Waals surface area contributed by atoms with E-state index >= 15 is 0 Å². The molecule has 36 heavy (non-hydrogen) atoms. The second-order valence-electron chi connectivity index (χ2n) is 9.84. The number of rotatable bonds is 10. The zero-order valence-electron chi connectivity index (χ0n) is 21.1. The van der Waals surface area contributed by atoms with Crippen molar-refractivity contribution in [1.82, 2.24) is 0 Å². The summed E-state index contributed by atoms with van der Waals surface area (Å²) in [6.07, 6.45) is 12.8. The SMILES string of the molecule is C=CC1CC=C(c2ccc(-c3ccc(-c4ccc(CCCCCCC)c(F)c4F)cc3)cc2F)CC1. The standard InChI is InChI=1S/C33H35F3/c1-3-5-6-7-8-9-27-18-21-30(33(36)32(27)35)26-16-14-24(15-17-26)28-19-20-29(31(34)22-28)25-12-10-23(4-2)11-13-25/h4,12,14-23H,2-3,5-11,13H2,1H3. The largest absolute Gasteiger partial charge is 0.206 e. The maximum absolute atomic E-state index is 15.0. The van der Waals surface area contributed by atoms with Gasteiger partial charge in [-0.1, -0.05) is 93.3 Å². The molecule has 188 valence electrons. The van der Waals surface area contributed by atoms with E-state index in [1.54, 1.807) is 30.3 Å². The van der Waals surface area contributed by atoms with Gasteiger partial charge in [0.05, 0.1) is 0 Å². The van der Waals surface area contributed by atoms with Crippen molar-refractivity contribution in [3.63, 3.8) is 0 Å². The van der Waals surface area contributed by atoms with E-state index in [1.807, 2.05) is 30.3 Å². The maximum Gasteiger partial charge on any atom is 0.166 e. The summed E-state index contributed by atoms with van der Waals surface area (Å²) in [6.45, 7) is 6.02. The summed E-state index contributed by atoms with van der Waals surface area (Å²) in [5.41, 5.74) is 4.58. The van der Waals surface area contributed by atoms with E-state index in [0.29, 0.717) is 29.0 Å². The summed E-state index contributed by atoms with van der Waals surface area (Å²) in [6, 6.07) is 15.9. The maximum atomic E-state index is 15.0. The summed E-state index contributed by atoms with van der Waals surface area (Å²) < 4.78 is 44.6. The number of aryl methyl sites for hydroxylation is 1. The Bertz CT molecular complexity index is 1220. The van der Waals surface area contributed by atoms with Crippen molar-refractivity contribution in [3.05, 3.63) is 102 Å². The predicted molar refractivity (Wildman–Crippen MR) is 145 cm³/mol. The molecule has 0 heterocycles. The molecule has 0 amide bonds. The lowest BCUT2D eigenvalue weighted by Crippen LogP contribution is -2.03.